The van der Waals surface area contributed by atoms with Crippen LogP contribution in [0, 0.1) is 0 Å². The maximum absolute atomic E-state index is 5.13. The molecule has 2 heterocycles. The molecule has 1 aromatic rings. The third kappa shape index (κ3) is 2.04. The van der Waals surface area contributed by atoms with Gasteiger partial charge in [-0.25, -0.2) is 0 Å². The Morgan fingerprint density at radius 3 is 2.87 bits per heavy atom. The Morgan fingerprint density at radius 1 is 1.53 bits per heavy atom. The van der Waals surface area contributed by atoms with Crippen molar-refractivity contribution in [2.45, 2.75) is 13.0 Å². The number of hydrogen-bond donors (Lipinski definition) is 1. The molecule has 1 saturated heterocycles. The minimum Gasteiger partial charge on any atom is -0.481 e. The molecule has 1 aromatic heterocycles. The molecule has 0 radical (unpaired) electrons. The molecule has 1 aliphatic rings. The normalized spacial score (nSPS) is 15.9. The summed E-state index contributed by atoms with van der Waals surface area (Å²) in [4.78, 5) is 6.75. The lowest BCUT2D eigenvalue weighted by molar-refractivity contribution is 0.391. The second-order valence-electron chi connectivity index (χ2n) is 3.64. The monoisotopic (exact) mass is 207 g/mol. The minimum absolute atomic E-state index is 0.578. The van der Waals surface area contributed by atoms with Crippen LogP contribution >= 0.6 is 0 Å². The quantitative estimate of drug-likeness (QED) is 0.795. The topological polar surface area (TPSA) is 37.4 Å². The van der Waals surface area contributed by atoms with E-state index in [4.69, 9.17) is 4.74 Å². The van der Waals surface area contributed by atoms with Gasteiger partial charge < -0.3 is 15.0 Å². The van der Waals surface area contributed by atoms with Gasteiger partial charge in [-0.1, -0.05) is 6.07 Å². The maximum Gasteiger partial charge on any atom is 0.214 e. The molecular weight excluding hydrogens is 190 g/mol. The summed E-state index contributed by atoms with van der Waals surface area (Å²) in [6.07, 6.45) is 0. The van der Waals surface area contributed by atoms with E-state index in [1.165, 1.54) is 0 Å². The number of methoxy groups -OCH3 is 1. The van der Waals surface area contributed by atoms with Gasteiger partial charge in [-0.2, -0.15) is 4.98 Å². The van der Waals surface area contributed by atoms with Gasteiger partial charge in [-0.15, -0.1) is 0 Å². The average Bonchev–Trinajstić information content (AvgIpc) is 2.23. The van der Waals surface area contributed by atoms with Crippen molar-refractivity contribution in [1.82, 2.24) is 10.3 Å². The van der Waals surface area contributed by atoms with E-state index in [9.17, 15) is 0 Å². The molecule has 15 heavy (non-hydrogen) atoms. The van der Waals surface area contributed by atoms with Crippen LogP contribution in [0.25, 0.3) is 0 Å². The van der Waals surface area contributed by atoms with Crippen LogP contribution in [0.2, 0.25) is 0 Å². The number of hydrogen-bond acceptors (Lipinski definition) is 4. The molecule has 1 aliphatic heterocycles. The lowest BCUT2D eigenvalue weighted by atomic mass is 10.1. The lowest BCUT2D eigenvalue weighted by Gasteiger charge is -2.38. The Morgan fingerprint density at radius 2 is 2.33 bits per heavy atom. The van der Waals surface area contributed by atoms with Crippen molar-refractivity contribution in [1.29, 1.82) is 0 Å². The van der Waals surface area contributed by atoms with E-state index >= 15 is 0 Å². The van der Waals surface area contributed by atoms with Gasteiger partial charge in [0.1, 0.15) is 5.82 Å². The number of nitrogens with zero attached hydrogens (tertiary/aromatic N) is 2. The van der Waals surface area contributed by atoms with Crippen molar-refractivity contribution < 1.29 is 4.74 Å². The van der Waals surface area contributed by atoms with Crippen LogP contribution in [0.15, 0.2) is 18.2 Å². The lowest BCUT2D eigenvalue weighted by Crippen LogP contribution is -2.57. The minimum atomic E-state index is 0.578. The van der Waals surface area contributed by atoms with E-state index in [-0.39, 0.29) is 0 Å². The van der Waals surface area contributed by atoms with Crippen LogP contribution < -0.4 is 15.0 Å². The van der Waals surface area contributed by atoms with Gasteiger partial charge in [0.2, 0.25) is 5.88 Å². The van der Waals surface area contributed by atoms with E-state index in [0.717, 1.165) is 25.5 Å². The molecule has 0 aromatic carbocycles. The molecular formula is C11H17N3O. The molecule has 4 heteroatoms. The van der Waals surface area contributed by atoms with E-state index in [1.807, 2.05) is 18.2 Å². The first-order valence-electron chi connectivity index (χ1n) is 5.33. The number of likely N-dealkylation sites (N-methyl/N-ethyl adjacent to an activating group) is 1. The van der Waals surface area contributed by atoms with Gasteiger partial charge in [0.05, 0.1) is 13.2 Å². The summed E-state index contributed by atoms with van der Waals surface area (Å²) in [5, 5.41) is 3.27. The molecule has 0 saturated carbocycles. The van der Waals surface area contributed by atoms with Crippen molar-refractivity contribution in [3.63, 3.8) is 0 Å². The smallest absolute Gasteiger partial charge is 0.214 e. The maximum atomic E-state index is 5.13. The van der Waals surface area contributed by atoms with Gasteiger partial charge >= 0.3 is 0 Å². The fourth-order valence-corrected chi connectivity index (χ4v) is 1.78. The SMILES string of the molecule is CCN(c1cccc(OC)n1)C1CNC1. The number of nitrogens with one attached hydrogen (secondary N) is 1. The Balaban J connectivity index is 2.17. The predicted octanol–water partition coefficient (Wildman–Crippen LogP) is 0.888. The number of anilines is 1. The van der Waals surface area contributed by atoms with Crippen LogP contribution in [-0.2, 0) is 0 Å². The third-order valence-electron chi connectivity index (χ3n) is 2.75. The van der Waals surface area contributed by atoms with E-state index in [0.29, 0.717) is 11.9 Å². The van der Waals surface area contributed by atoms with Crippen LogP contribution in [-0.4, -0.2) is 37.8 Å². The zero-order valence-electron chi connectivity index (χ0n) is 9.23. The fourth-order valence-electron chi connectivity index (χ4n) is 1.78. The Labute approximate surface area is 90.3 Å². The largest absolute Gasteiger partial charge is 0.481 e. The summed E-state index contributed by atoms with van der Waals surface area (Å²) in [7, 11) is 1.65. The summed E-state index contributed by atoms with van der Waals surface area (Å²) in [6.45, 7) is 5.23. The summed E-state index contributed by atoms with van der Waals surface area (Å²) in [5.41, 5.74) is 0. The first-order chi connectivity index (χ1) is 7.35. The molecule has 0 aliphatic carbocycles. The van der Waals surface area contributed by atoms with Crippen LogP contribution in [0.4, 0.5) is 5.82 Å². The Kier molecular flexibility index (Phi) is 3.06. The number of pyridine rings is 1. The molecule has 0 atom stereocenters. The molecule has 0 unspecified atom stereocenters. The van der Waals surface area contributed by atoms with Gasteiger partial charge in [0.15, 0.2) is 0 Å². The molecule has 2 rings (SSSR count). The first-order valence-corrected chi connectivity index (χ1v) is 5.33. The highest BCUT2D eigenvalue weighted by molar-refractivity contribution is 5.42. The predicted molar refractivity (Wildman–Crippen MR) is 60.5 cm³/mol. The molecule has 82 valence electrons. The second kappa shape index (κ2) is 4.49. The van der Waals surface area contributed by atoms with Crippen molar-refractivity contribution >= 4 is 5.82 Å². The molecule has 0 spiro atoms. The molecule has 4 nitrogen and oxygen atoms in total. The number of aromatic nitrogens is 1. The van der Waals surface area contributed by atoms with Crippen molar-refractivity contribution in [2.75, 3.05) is 31.6 Å². The number of rotatable bonds is 4. The molecule has 0 bridgehead atoms. The van der Waals surface area contributed by atoms with Gasteiger partial charge in [-0.3, -0.25) is 0 Å². The third-order valence-corrected chi connectivity index (χ3v) is 2.75. The van der Waals surface area contributed by atoms with Gasteiger partial charge in [0, 0.05) is 25.7 Å². The zero-order chi connectivity index (χ0) is 10.7. The van der Waals surface area contributed by atoms with Crippen molar-refractivity contribution in [2.24, 2.45) is 0 Å². The fraction of sp³-hybridized carbons (Fsp3) is 0.545. The van der Waals surface area contributed by atoms with E-state index < -0.39 is 0 Å². The molecule has 1 N–H and O–H groups in total. The summed E-state index contributed by atoms with van der Waals surface area (Å²) in [6, 6.07) is 6.46. The van der Waals surface area contributed by atoms with Crippen LogP contribution in [0.1, 0.15) is 6.92 Å². The number of ether oxygens (including phenoxy) is 1. The van der Waals surface area contributed by atoms with Crippen LogP contribution in [0.3, 0.4) is 0 Å². The average molecular weight is 207 g/mol. The van der Waals surface area contributed by atoms with E-state index in [1.54, 1.807) is 7.11 Å². The van der Waals surface area contributed by atoms with Crippen LogP contribution in [0.5, 0.6) is 5.88 Å². The molecule has 1 fully saturated rings. The first kappa shape index (κ1) is 10.2. The summed E-state index contributed by atoms with van der Waals surface area (Å²) in [5.74, 6) is 1.68. The highest BCUT2D eigenvalue weighted by atomic mass is 16.5. The highest BCUT2D eigenvalue weighted by Crippen LogP contribution is 2.19. The molecule has 0 amide bonds. The van der Waals surface area contributed by atoms with Gasteiger partial charge in [-0.05, 0) is 13.0 Å². The van der Waals surface area contributed by atoms with Crippen molar-refractivity contribution in [3.05, 3.63) is 18.2 Å². The summed E-state index contributed by atoms with van der Waals surface area (Å²) < 4.78 is 5.13. The zero-order valence-corrected chi connectivity index (χ0v) is 9.23. The van der Waals surface area contributed by atoms with E-state index in [2.05, 4.69) is 22.1 Å². The Hall–Kier alpha value is -1.29. The summed E-state index contributed by atoms with van der Waals surface area (Å²) >= 11 is 0. The van der Waals surface area contributed by atoms with Gasteiger partial charge in [0.25, 0.3) is 0 Å². The van der Waals surface area contributed by atoms with Crippen molar-refractivity contribution in [3.8, 4) is 5.88 Å². The standard InChI is InChI=1S/C11H17N3O/c1-3-14(9-7-12-8-9)10-5-4-6-11(13-10)15-2/h4-6,9,12H,3,7-8H2,1-2H3. The highest BCUT2D eigenvalue weighted by Gasteiger charge is 2.24. The second-order valence-corrected chi connectivity index (χ2v) is 3.64. The Bertz CT molecular complexity index is 325.